The zero-order chi connectivity index (χ0) is 29.3. The van der Waals surface area contributed by atoms with Gasteiger partial charge in [-0.05, 0) is 66.4 Å². The van der Waals surface area contributed by atoms with E-state index in [1.165, 1.54) is 17.7 Å². The van der Waals surface area contributed by atoms with Crippen LogP contribution in [0.3, 0.4) is 0 Å². The zero-order valence-electron chi connectivity index (χ0n) is 22.8. The number of ketones is 1. The molecule has 0 radical (unpaired) electrons. The van der Waals surface area contributed by atoms with Gasteiger partial charge in [0.15, 0.2) is 5.78 Å². The van der Waals surface area contributed by atoms with E-state index in [0.29, 0.717) is 22.4 Å². The molecule has 0 unspecified atom stereocenters. The van der Waals surface area contributed by atoms with Gasteiger partial charge in [0.1, 0.15) is 0 Å². The standard InChI is InChI=1S/C34H27F3N2O2/c1-21-7-10-23(11-8-21)13-14-28-19-31-26(20-38-28)18-30(33(41)39(31)3)29-15-24(12-9-22(29)2)16-32(40)25-5-4-6-27(17-25)34(35,36)37/h4-15,17-20H,16H2,1-3H3/b14-13+. The minimum Gasteiger partial charge on any atom is -0.311 e. The largest absolute Gasteiger partial charge is 0.416 e. The molecule has 206 valence electrons. The Balaban J connectivity index is 1.46. The molecule has 0 aliphatic carbocycles. The SMILES string of the molecule is Cc1ccc(/C=C/c2cc3c(cn2)cc(-c2cc(CC(=O)c4cccc(C(F)(F)F)c4)ccc2C)c(=O)n3C)cc1. The highest BCUT2D eigenvalue weighted by molar-refractivity contribution is 5.98. The lowest BCUT2D eigenvalue weighted by atomic mass is 9.94. The maximum Gasteiger partial charge on any atom is 0.416 e. The Hall–Kier alpha value is -4.78. The lowest BCUT2D eigenvalue weighted by Crippen LogP contribution is -2.19. The summed E-state index contributed by atoms with van der Waals surface area (Å²) < 4.78 is 40.9. The molecule has 0 bridgehead atoms. The van der Waals surface area contributed by atoms with Gasteiger partial charge in [0.25, 0.3) is 5.56 Å². The van der Waals surface area contributed by atoms with Gasteiger partial charge in [-0.2, -0.15) is 13.2 Å². The smallest absolute Gasteiger partial charge is 0.311 e. The fourth-order valence-electron chi connectivity index (χ4n) is 4.75. The van der Waals surface area contributed by atoms with Gasteiger partial charge in [0, 0.05) is 36.2 Å². The molecule has 0 saturated heterocycles. The molecule has 0 atom stereocenters. The Morgan fingerprint density at radius 2 is 1.66 bits per heavy atom. The summed E-state index contributed by atoms with van der Waals surface area (Å²) in [6.07, 6.45) is 0.966. The maximum atomic E-state index is 13.5. The third-order valence-corrected chi connectivity index (χ3v) is 7.12. The number of Topliss-reactive ketones (excluding diaryl/α,β-unsaturated/α-hetero) is 1. The summed E-state index contributed by atoms with van der Waals surface area (Å²) in [7, 11) is 1.71. The van der Waals surface area contributed by atoms with Crippen LogP contribution in [0.4, 0.5) is 13.2 Å². The molecular formula is C34H27F3N2O2. The molecule has 0 aliphatic heterocycles. The summed E-state index contributed by atoms with van der Waals surface area (Å²) in [5.41, 5.74) is 5.13. The van der Waals surface area contributed by atoms with Crippen LogP contribution in [-0.4, -0.2) is 15.3 Å². The van der Waals surface area contributed by atoms with Crippen molar-refractivity contribution < 1.29 is 18.0 Å². The topological polar surface area (TPSA) is 52.0 Å². The van der Waals surface area contributed by atoms with Crippen molar-refractivity contribution in [3.05, 3.63) is 134 Å². The van der Waals surface area contributed by atoms with Crippen molar-refractivity contribution in [1.82, 2.24) is 9.55 Å². The van der Waals surface area contributed by atoms with Crippen LogP contribution in [0.2, 0.25) is 0 Å². The van der Waals surface area contributed by atoms with Gasteiger partial charge < -0.3 is 4.57 Å². The van der Waals surface area contributed by atoms with E-state index < -0.39 is 17.5 Å². The molecule has 5 rings (SSSR count). The summed E-state index contributed by atoms with van der Waals surface area (Å²) in [6, 6.07) is 21.5. The molecule has 0 spiro atoms. The van der Waals surface area contributed by atoms with Crippen LogP contribution >= 0.6 is 0 Å². The van der Waals surface area contributed by atoms with E-state index in [9.17, 15) is 22.8 Å². The van der Waals surface area contributed by atoms with Crippen LogP contribution in [0.1, 0.15) is 43.9 Å². The number of benzene rings is 3. The molecule has 3 aromatic carbocycles. The van der Waals surface area contributed by atoms with Gasteiger partial charge >= 0.3 is 6.18 Å². The molecular weight excluding hydrogens is 525 g/mol. The number of aromatic nitrogens is 2. The Bertz CT molecular complexity index is 1870. The number of rotatable bonds is 6. The number of nitrogens with zero attached hydrogens (tertiary/aromatic N) is 2. The monoisotopic (exact) mass is 552 g/mol. The van der Waals surface area contributed by atoms with Crippen molar-refractivity contribution in [2.24, 2.45) is 7.05 Å². The summed E-state index contributed by atoms with van der Waals surface area (Å²) in [5, 5.41) is 0.777. The number of alkyl halides is 3. The molecule has 0 N–H and O–H groups in total. The van der Waals surface area contributed by atoms with Crippen molar-refractivity contribution >= 4 is 28.8 Å². The minimum atomic E-state index is -4.53. The second-order valence-electron chi connectivity index (χ2n) is 10.2. The molecule has 0 amide bonds. The summed E-state index contributed by atoms with van der Waals surface area (Å²) >= 11 is 0. The van der Waals surface area contributed by atoms with Crippen molar-refractivity contribution in [1.29, 1.82) is 0 Å². The molecule has 41 heavy (non-hydrogen) atoms. The molecule has 2 aromatic heterocycles. The van der Waals surface area contributed by atoms with Crippen LogP contribution < -0.4 is 5.56 Å². The number of carbonyl (C=O) groups is 1. The van der Waals surface area contributed by atoms with E-state index in [-0.39, 0.29) is 17.5 Å². The van der Waals surface area contributed by atoms with Crippen LogP contribution in [0, 0.1) is 13.8 Å². The first-order valence-electron chi connectivity index (χ1n) is 13.0. The highest BCUT2D eigenvalue weighted by Crippen LogP contribution is 2.30. The normalized spacial score (nSPS) is 11.9. The number of aryl methyl sites for hydroxylation is 3. The van der Waals surface area contributed by atoms with Gasteiger partial charge in [-0.3, -0.25) is 14.6 Å². The van der Waals surface area contributed by atoms with Gasteiger partial charge in [-0.15, -0.1) is 0 Å². The quantitative estimate of drug-likeness (QED) is 0.202. The van der Waals surface area contributed by atoms with Gasteiger partial charge in [-0.25, -0.2) is 0 Å². The first kappa shape index (κ1) is 27.8. The highest BCUT2D eigenvalue weighted by Gasteiger charge is 2.30. The minimum absolute atomic E-state index is 0.0122. The molecule has 0 aliphatic rings. The third-order valence-electron chi connectivity index (χ3n) is 7.12. The number of hydrogen-bond donors (Lipinski definition) is 0. The van der Waals surface area contributed by atoms with Gasteiger partial charge in [0.05, 0.1) is 16.8 Å². The molecule has 4 nitrogen and oxygen atoms in total. The van der Waals surface area contributed by atoms with Gasteiger partial charge in [0.2, 0.25) is 0 Å². The fourth-order valence-corrected chi connectivity index (χ4v) is 4.75. The number of hydrogen-bond acceptors (Lipinski definition) is 3. The van der Waals surface area contributed by atoms with Crippen molar-refractivity contribution in [2.45, 2.75) is 26.4 Å². The lowest BCUT2D eigenvalue weighted by Gasteiger charge is -2.13. The van der Waals surface area contributed by atoms with Crippen LogP contribution in [0.25, 0.3) is 34.2 Å². The highest BCUT2D eigenvalue weighted by atomic mass is 19.4. The average Bonchev–Trinajstić information content (AvgIpc) is 2.95. The first-order valence-corrected chi connectivity index (χ1v) is 13.0. The lowest BCUT2D eigenvalue weighted by molar-refractivity contribution is -0.137. The Kier molecular flexibility index (Phi) is 7.45. The Morgan fingerprint density at radius 3 is 2.39 bits per heavy atom. The molecule has 5 aromatic rings. The van der Waals surface area contributed by atoms with E-state index in [4.69, 9.17) is 0 Å². The van der Waals surface area contributed by atoms with Crippen molar-refractivity contribution in [3.8, 4) is 11.1 Å². The van der Waals surface area contributed by atoms with E-state index in [1.807, 2.05) is 62.4 Å². The molecule has 7 heteroatoms. The van der Waals surface area contributed by atoms with E-state index in [2.05, 4.69) is 4.98 Å². The number of carbonyl (C=O) groups excluding carboxylic acids is 1. The van der Waals surface area contributed by atoms with Crippen LogP contribution in [-0.2, 0) is 19.6 Å². The third kappa shape index (κ3) is 6.04. The molecule has 0 fully saturated rings. The van der Waals surface area contributed by atoms with Gasteiger partial charge in [-0.1, -0.05) is 66.2 Å². The second-order valence-corrected chi connectivity index (χ2v) is 10.2. The molecule has 2 heterocycles. The first-order chi connectivity index (χ1) is 19.5. The number of halogens is 3. The summed E-state index contributed by atoms with van der Waals surface area (Å²) in [6.45, 7) is 3.90. The molecule has 0 saturated carbocycles. The van der Waals surface area contributed by atoms with Crippen molar-refractivity contribution in [3.63, 3.8) is 0 Å². The zero-order valence-corrected chi connectivity index (χ0v) is 22.8. The van der Waals surface area contributed by atoms with E-state index in [0.717, 1.165) is 34.2 Å². The van der Waals surface area contributed by atoms with E-state index >= 15 is 0 Å². The number of fused-ring (bicyclic) bond motifs is 1. The van der Waals surface area contributed by atoms with Crippen LogP contribution in [0.5, 0.6) is 0 Å². The van der Waals surface area contributed by atoms with Crippen LogP contribution in [0.15, 0.2) is 89.9 Å². The Morgan fingerprint density at radius 1 is 0.902 bits per heavy atom. The van der Waals surface area contributed by atoms with Crippen molar-refractivity contribution in [2.75, 3.05) is 0 Å². The average molecular weight is 553 g/mol. The predicted molar refractivity (Wildman–Crippen MR) is 157 cm³/mol. The summed E-state index contributed by atoms with van der Waals surface area (Å²) in [5.74, 6) is -0.437. The maximum absolute atomic E-state index is 13.5. The Labute approximate surface area is 235 Å². The summed E-state index contributed by atoms with van der Waals surface area (Å²) in [4.78, 5) is 30.9. The second kappa shape index (κ2) is 11.0. The fraction of sp³-hybridized carbons (Fsp3) is 0.147. The predicted octanol–water partition coefficient (Wildman–Crippen LogP) is 7.83. The number of pyridine rings is 2. The van der Waals surface area contributed by atoms with E-state index in [1.54, 1.807) is 36.0 Å².